The number of thiazole rings is 1. The van der Waals surface area contributed by atoms with Gasteiger partial charge in [-0.05, 0) is 48.9 Å². The van der Waals surface area contributed by atoms with Crippen molar-refractivity contribution in [1.82, 2.24) is 15.2 Å². The zero-order valence-corrected chi connectivity index (χ0v) is 18.8. The summed E-state index contributed by atoms with van der Waals surface area (Å²) in [5.41, 5.74) is 2.41. The van der Waals surface area contributed by atoms with Crippen molar-refractivity contribution >= 4 is 17.2 Å². The number of ether oxygens (including phenoxy) is 2. The van der Waals surface area contributed by atoms with E-state index in [9.17, 15) is 9.18 Å². The Morgan fingerprint density at radius 3 is 2.78 bits per heavy atom. The van der Waals surface area contributed by atoms with E-state index in [2.05, 4.69) is 15.2 Å². The molecular formula is C24H26FN3O3S. The summed E-state index contributed by atoms with van der Waals surface area (Å²) in [6.45, 7) is 7.11. The number of nitrogens with one attached hydrogen (secondary N) is 1. The van der Waals surface area contributed by atoms with E-state index in [1.54, 1.807) is 19.1 Å². The normalized spacial score (nSPS) is 14.3. The van der Waals surface area contributed by atoms with Crippen LogP contribution in [-0.4, -0.2) is 55.2 Å². The van der Waals surface area contributed by atoms with Gasteiger partial charge in [0, 0.05) is 31.7 Å². The fourth-order valence-electron chi connectivity index (χ4n) is 3.45. The number of morpholine rings is 1. The highest BCUT2D eigenvalue weighted by Gasteiger charge is 2.16. The largest absolute Gasteiger partial charge is 0.492 e. The average Bonchev–Trinajstić information content (AvgIpc) is 3.20. The van der Waals surface area contributed by atoms with Crippen molar-refractivity contribution in [2.75, 3.05) is 39.5 Å². The molecule has 0 saturated carbocycles. The van der Waals surface area contributed by atoms with E-state index in [1.165, 1.54) is 23.5 Å². The smallest absolute Gasteiger partial charge is 0.263 e. The highest BCUT2D eigenvalue weighted by atomic mass is 32.1. The van der Waals surface area contributed by atoms with Crippen LogP contribution in [0.25, 0.3) is 10.6 Å². The number of hydrogen-bond donors (Lipinski definition) is 1. The molecule has 1 fully saturated rings. The first-order chi connectivity index (χ1) is 15.6. The number of aryl methyl sites for hydroxylation is 1. The summed E-state index contributed by atoms with van der Waals surface area (Å²) in [5.74, 6) is 0.317. The first-order valence-electron chi connectivity index (χ1n) is 10.6. The lowest BCUT2D eigenvalue weighted by Gasteiger charge is -2.26. The summed E-state index contributed by atoms with van der Waals surface area (Å²) in [7, 11) is 0. The molecule has 0 unspecified atom stereocenters. The van der Waals surface area contributed by atoms with E-state index in [-0.39, 0.29) is 11.7 Å². The molecule has 1 aromatic heterocycles. The zero-order valence-electron chi connectivity index (χ0n) is 18.0. The molecule has 1 amide bonds. The molecule has 0 spiro atoms. The Balaban J connectivity index is 1.31. The maximum Gasteiger partial charge on any atom is 0.263 e. The maximum absolute atomic E-state index is 13.2. The molecule has 4 rings (SSSR count). The van der Waals surface area contributed by atoms with Gasteiger partial charge in [0.05, 0.1) is 18.9 Å². The second kappa shape index (κ2) is 10.7. The molecular weight excluding hydrogens is 429 g/mol. The third-order valence-electron chi connectivity index (χ3n) is 5.23. The highest BCUT2D eigenvalue weighted by molar-refractivity contribution is 7.17. The van der Waals surface area contributed by atoms with Crippen LogP contribution in [0.4, 0.5) is 4.39 Å². The van der Waals surface area contributed by atoms with Gasteiger partial charge in [-0.2, -0.15) is 0 Å². The van der Waals surface area contributed by atoms with Crippen molar-refractivity contribution in [3.05, 3.63) is 70.5 Å². The Kier molecular flexibility index (Phi) is 7.47. The van der Waals surface area contributed by atoms with Crippen molar-refractivity contribution < 1.29 is 18.7 Å². The topological polar surface area (TPSA) is 63.7 Å². The summed E-state index contributed by atoms with van der Waals surface area (Å²) in [6, 6.07) is 13.9. The van der Waals surface area contributed by atoms with Crippen molar-refractivity contribution in [1.29, 1.82) is 0 Å². The molecule has 1 aliphatic heterocycles. The zero-order chi connectivity index (χ0) is 22.3. The minimum atomic E-state index is -0.299. The molecule has 1 aliphatic rings. The van der Waals surface area contributed by atoms with Gasteiger partial charge in [0.1, 0.15) is 28.1 Å². The van der Waals surface area contributed by atoms with E-state index in [4.69, 9.17) is 9.47 Å². The van der Waals surface area contributed by atoms with Crippen LogP contribution in [-0.2, 0) is 11.3 Å². The minimum absolute atomic E-state index is 0.174. The Hall–Kier alpha value is -2.81. The molecule has 32 heavy (non-hydrogen) atoms. The molecule has 0 radical (unpaired) electrons. The van der Waals surface area contributed by atoms with Gasteiger partial charge in [-0.3, -0.25) is 9.69 Å². The SMILES string of the molecule is Cc1nc(-c2ccc(F)cc2)sc1C(=O)NCc1cccc(OCCN2CCOCC2)c1. The van der Waals surface area contributed by atoms with Crippen LogP contribution in [0.2, 0.25) is 0 Å². The van der Waals surface area contributed by atoms with Gasteiger partial charge in [-0.25, -0.2) is 9.37 Å². The lowest BCUT2D eigenvalue weighted by molar-refractivity contribution is 0.0322. The molecule has 2 aromatic carbocycles. The number of halogens is 1. The lowest BCUT2D eigenvalue weighted by Crippen LogP contribution is -2.38. The summed E-state index contributed by atoms with van der Waals surface area (Å²) in [5, 5.41) is 3.66. The predicted octanol–water partition coefficient (Wildman–Crippen LogP) is 3.90. The summed E-state index contributed by atoms with van der Waals surface area (Å²) in [4.78, 5) is 20.1. The van der Waals surface area contributed by atoms with Crippen LogP contribution >= 0.6 is 11.3 Å². The standard InChI is InChI=1S/C24H26FN3O3S/c1-17-22(32-24(27-17)19-5-7-20(25)8-6-19)23(29)26-16-18-3-2-4-21(15-18)31-14-11-28-9-12-30-13-10-28/h2-8,15H,9-14,16H2,1H3,(H,26,29). The van der Waals surface area contributed by atoms with E-state index in [1.807, 2.05) is 24.3 Å². The second-order valence-corrected chi connectivity index (χ2v) is 8.57. The number of rotatable bonds is 8. The van der Waals surface area contributed by atoms with Crippen LogP contribution in [0.5, 0.6) is 5.75 Å². The highest BCUT2D eigenvalue weighted by Crippen LogP contribution is 2.28. The van der Waals surface area contributed by atoms with Crippen molar-refractivity contribution in [3.8, 4) is 16.3 Å². The quantitative estimate of drug-likeness (QED) is 0.558. The number of benzene rings is 2. The van der Waals surface area contributed by atoms with Crippen LogP contribution < -0.4 is 10.1 Å². The number of nitrogens with zero attached hydrogens (tertiary/aromatic N) is 2. The molecule has 0 bridgehead atoms. The Morgan fingerprint density at radius 1 is 1.22 bits per heavy atom. The van der Waals surface area contributed by atoms with E-state index >= 15 is 0 Å². The van der Waals surface area contributed by atoms with Gasteiger partial charge in [0.25, 0.3) is 5.91 Å². The van der Waals surface area contributed by atoms with Crippen molar-refractivity contribution in [3.63, 3.8) is 0 Å². The van der Waals surface area contributed by atoms with E-state index < -0.39 is 0 Å². The number of carbonyl (C=O) groups is 1. The van der Waals surface area contributed by atoms with Crippen LogP contribution in [0.1, 0.15) is 20.9 Å². The average molecular weight is 456 g/mol. The molecule has 1 saturated heterocycles. The van der Waals surface area contributed by atoms with Gasteiger partial charge in [-0.1, -0.05) is 12.1 Å². The molecule has 6 nitrogen and oxygen atoms in total. The lowest BCUT2D eigenvalue weighted by atomic mass is 10.2. The van der Waals surface area contributed by atoms with Crippen LogP contribution in [0.15, 0.2) is 48.5 Å². The minimum Gasteiger partial charge on any atom is -0.492 e. The number of carbonyl (C=O) groups excluding carboxylic acids is 1. The van der Waals surface area contributed by atoms with Crippen LogP contribution in [0.3, 0.4) is 0 Å². The Morgan fingerprint density at radius 2 is 2.00 bits per heavy atom. The third-order valence-corrected chi connectivity index (χ3v) is 6.43. The summed E-state index contributed by atoms with van der Waals surface area (Å²) >= 11 is 1.31. The second-order valence-electron chi connectivity index (χ2n) is 7.57. The van der Waals surface area contributed by atoms with Gasteiger partial charge < -0.3 is 14.8 Å². The first-order valence-corrected chi connectivity index (χ1v) is 11.4. The van der Waals surface area contributed by atoms with E-state index in [0.717, 1.165) is 49.7 Å². The fourth-order valence-corrected chi connectivity index (χ4v) is 4.44. The molecule has 2 heterocycles. The van der Waals surface area contributed by atoms with Crippen molar-refractivity contribution in [2.24, 2.45) is 0 Å². The molecule has 3 aromatic rings. The maximum atomic E-state index is 13.2. The number of hydrogen-bond acceptors (Lipinski definition) is 6. The van der Waals surface area contributed by atoms with E-state index in [0.29, 0.717) is 28.7 Å². The molecule has 0 atom stereocenters. The number of amides is 1. The summed E-state index contributed by atoms with van der Waals surface area (Å²) in [6.07, 6.45) is 0. The molecule has 0 aliphatic carbocycles. The first kappa shape index (κ1) is 22.4. The predicted molar refractivity (Wildman–Crippen MR) is 123 cm³/mol. The van der Waals surface area contributed by atoms with Gasteiger partial charge in [0.2, 0.25) is 0 Å². The number of aromatic nitrogens is 1. The van der Waals surface area contributed by atoms with Crippen LogP contribution in [0, 0.1) is 12.7 Å². The van der Waals surface area contributed by atoms with Gasteiger partial charge in [0.15, 0.2) is 0 Å². The van der Waals surface area contributed by atoms with Crippen molar-refractivity contribution in [2.45, 2.75) is 13.5 Å². The molecule has 8 heteroatoms. The van der Waals surface area contributed by atoms with Gasteiger partial charge in [-0.15, -0.1) is 11.3 Å². The molecule has 1 N–H and O–H groups in total. The third kappa shape index (κ3) is 5.91. The monoisotopic (exact) mass is 455 g/mol. The van der Waals surface area contributed by atoms with Gasteiger partial charge >= 0.3 is 0 Å². The summed E-state index contributed by atoms with van der Waals surface area (Å²) < 4.78 is 24.4. The Bertz CT molecular complexity index is 1050. The molecule has 168 valence electrons. The fraction of sp³-hybridized carbons (Fsp3) is 0.333. The Labute approximate surface area is 191 Å².